The van der Waals surface area contributed by atoms with Crippen molar-refractivity contribution >= 4 is 27.7 Å². The molecule has 1 atom stereocenters. The van der Waals surface area contributed by atoms with E-state index in [0.717, 1.165) is 28.8 Å². The van der Waals surface area contributed by atoms with Crippen LogP contribution >= 0.6 is 11.5 Å². The SMILES string of the molecule is CCn1c([C@@H](C)Nc2nc(C(C)(C)C)ns2)nc2ccccc21. The minimum Gasteiger partial charge on any atom is -0.351 e. The highest BCUT2D eigenvalue weighted by Gasteiger charge is 2.21. The molecule has 23 heavy (non-hydrogen) atoms. The van der Waals surface area contributed by atoms with E-state index in [1.54, 1.807) is 0 Å². The molecule has 3 rings (SSSR count). The molecule has 122 valence electrons. The number of nitrogens with zero attached hydrogens (tertiary/aromatic N) is 4. The Labute approximate surface area is 140 Å². The summed E-state index contributed by atoms with van der Waals surface area (Å²) in [6, 6.07) is 8.32. The molecule has 0 spiro atoms. The van der Waals surface area contributed by atoms with Gasteiger partial charge in [0.15, 0.2) is 0 Å². The number of para-hydroxylation sites is 2. The monoisotopic (exact) mass is 329 g/mol. The molecule has 0 aliphatic carbocycles. The van der Waals surface area contributed by atoms with Crippen molar-refractivity contribution in [3.05, 3.63) is 35.9 Å². The van der Waals surface area contributed by atoms with Crippen LogP contribution in [-0.2, 0) is 12.0 Å². The number of nitrogens with one attached hydrogen (secondary N) is 1. The van der Waals surface area contributed by atoms with Gasteiger partial charge in [0.25, 0.3) is 0 Å². The second-order valence-electron chi connectivity index (χ2n) is 6.74. The quantitative estimate of drug-likeness (QED) is 0.772. The smallest absolute Gasteiger partial charge is 0.203 e. The molecule has 1 aromatic carbocycles. The van der Waals surface area contributed by atoms with Crippen molar-refractivity contribution in [1.29, 1.82) is 0 Å². The molecule has 0 aliphatic heterocycles. The zero-order chi connectivity index (χ0) is 16.6. The zero-order valence-electron chi connectivity index (χ0n) is 14.3. The van der Waals surface area contributed by atoms with Gasteiger partial charge < -0.3 is 9.88 Å². The first kappa shape index (κ1) is 15.9. The van der Waals surface area contributed by atoms with Gasteiger partial charge in [-0.05, 0) is 26.0 Å². The molecule has 0 aliphatic rings. The lowest BCUT2D eigenvalue weighted by molar-refractivity contribution is 0.554. The van der Waals surface area contributed by atoms with E-state index in [1.165, 1.54) is 17.0 Å². The summed E-state index contributed by atoms with van der Waals surface area (Å²) in [5.41, 5.74) is 2.17. The largest absolute Gasteiger partial charge is 0.351 e. The predicted octanol–water partition coefficient (Wildman–Crippen LogP) is 4.38. The number of rotatable bonds is 4. The average molecular weight is 329 g/mol. The molecule has 0 amide bonds. The fourth-order valence-corrected chi connectivity index (χ4v) is 3.44. The molecule has 0 bridgehead atoms. The van der Waals surface area contributed by atoms with Crippen LogP contribution in [0.5, 0.6) is 0 Å². The van der Waals surface area contributed by atoms with Crippen molar-refractivity contribution in [2.75, 3.05) is 5.32 Å². The maximum Gasteiger partial charge on any atom is 0.203 e. The summed E-state index contributed by atoms with van der Waals surface area (Å²) in [5.74, 6) is 1.91. The molecule has 1 N–H and O–H groups in total. The summed E-state index contributed by atoms with van der Waals surface area (Å²) in [7, 11) is 0. The van der Waals surface area contributed by atoms with E-state index in [-0.39, 0.29) is 11.5 Å². The van der Waals surface area contributed by atoms with Crippen molar-refractivity contribution in [1.82, 2.24) is 18.9 Å². The molecule has 0 saturated heterocycles. The van der Waals surface area contributed by atoms with Crippen LogP contribution in [0.3, 0.4) is 0 Å². The lowest BCUT2D eigenvalue weighted by Gasteiger charge is -2.15. The van der Waals surface area contributed by atoms with E-state index >= 15 is 0 Å². The van der Waals surface area contributed by atoms with Crippen molar-refractivity contribution in [2.45, 2.75) is 52.6 Å². The summed E-state index contributed by atoms with van der Waals surface area (Å²) in [5, 5.41) is 4.29. The third-order valence-corrected chi connectivity index (χ3v) is 4.47. The van der Waals surface area contributed by atoms with Gasteiger partial charge in [-0.15, -0.1) is 0 Å². The van der Waals surface area contributed by atoms with Gasteiger partial charge in [0.2, 0.25) is 5.13 Å². The second-order valence-corrected chi connectivity index (χ2v) is 7.49. The van der Waals surface area contributed by atoms with Gasteiger partial charge >= 0.3 is 0 Å². The Balaban J connectivity index is 1.89. The van der Waals surface area contributed by atoms with Gasteiger partial charge in [-0.25, -0.2) is 9.97 Å². The molecular weight excluding hydrogens is 306 g/mol. The highest BCUT2D eigenvalue weighted by atomic mass is 32.1. The summed E-state index contributed by atoms with van der Waals surface area (Å²) < 4.78 is 6.71. The van der Waals surface area contributed by atoms with E-state index in [1.807, 2.05) is 6.07 Å². The topological polar surface area (TPSA) is 55.6 Å². The molecule has 0 fully saturated rings. The van der Waals surface area contributed by atoms with Gasteiger partial charge in [0.05, 0.1) is 17.1 Å². The molecule has 3 aromatic rings. The van der Waals surface area contributed by atoms with Crippen LogP contribution in [0.15, 0.2) is 24.3 Å². The fourth-order valence-electron chi connectivity index (χ4n) is 2.59. The Hall–Kier alpha value is -1.95. The van der Waals surface area contributed by atoms with Gasteiger partial charge in [0.1, 0.15) is 11.6 Å². The minimum atomic E-state index is -0.0315. The summed E-state index contributed by atoms with van der Waals surface area (Å²) >= 11 is 1.41. The summed E-state index contributed by atoms with van der Waals surface area (Å²) in [6.45, 7) is 11.5. The highest BCUT2D eigenvalue weighted by Crippen LogP contribution is 2.27. The van der Waals surface area contributed by atoms with Crippen LogP contribution in [0.1, 0.15) is 52.3 Å². The molecule has 0 radical (unpaired) electrons. The van der Waals surface area contributed by atoms with Crippen molar-refractivity contribution in [3.63, 3.8) is 0 Å². The van der Waals surface area contributed by atoms with E-state index in [2.05, 4.69) is 72.1 Å². The molecule has 2 heterocycles. The molecule has 6 heteroatoms. The zero-order valence-corrected chi connectivity index (χ0v) is 15.1. The van der Waals surface area contributed by atoms with Gasteiger partial charge in [0, 0.05) is 23.5 Å². The van der Waals surface area contributed by atoms with Crippen molar-refractivity contribution in [2.24, 2.45) is 0 Å². The Kier molecular flexibility index (Phi) is 4.10. The van der Waals surface area contributed by atoms with Crippen LogP contribution in [-0.4, -0.2) is 18.9 Å². The summed E-state index contributed by atoms with van der Waals surface area (Å²) in [6.07, 6.45) is 0. The van der Waals surface area contributed by atoms with Crippen LogP contribution in [0.2, 0.25) is 0 Å². The Morgan fingerprint density at radius 2 is 1.96 bits per heavy atom. The predicted molar refractivity (Wildman–Crippen MR) is 96.1 cm³/mol. The second kappa shape index (κ2) is 5.92. The average Bonchev–Trinajstić information content (AvgIpc) is 3.10. The van der Waals surface area contributed by atoms with Gasteiger partial charge in [-0.3, -0.25) is 0 Å². The number of aryl methyl sites for hydroxylation is 1. The van der Waals surface area contributed by atoms with Crippen LogP contribution in [0, 0.1) is 0 Å². The summed E-state index contributed by atoms with van der Waals surface area (Å²) in [4.78, 5) is 9.41. The molecule has 0 saturated carbocycles. The van der Waals surface area contributed by atoms with E-state index in [0.29, 0.717) is 0 Å². The van der Waals surface area contributed by atoms with E-state index in [4.69, 9.17) is 4.98 Å². The number of benzene rings is 1. The molecule has 5 nitrogen and oxygen atoms in total. The number of anilines is 1. The number of aromatic nitrogens is 4. The standard InChI is InChI=1S/C17H23N5S/c1-6-22-13-10-8-7-9-12(13)19-14(22)11(2)18-16-20-15(21-23-16)17(3,4)5/h7-11H,6H2,1-5H3,(H,18,20,21)/t11-/m1/s1. The number of hydrogen-bond donors (Lipinski definition) is 1. The third-order valence-electron chi connectivity index (χ3n) is 3.82. The lowest BCUT2D eigenvalue weighted by atomic mass is 9.96. The lowest BCUT2D eigenvalue weighted by Crippen LogP contribution is -2.15. The minimum absolute atomic E-state index is 0.0315. The van der Waals surface area contributed by atoms with Gasteiger partial charge in [-0.2, -0.15) is 4.37 Å². The Morgan fingerprint density at radius 1 is 1.22 bits per heavy atom. The Morgan fingerprint density at radius 3 is 2.61 bits per heavy atom. The number of hydrogen-bond acceptors (Lipinski definition) is 5. The first-order chi connectivity index (χ1) is 10.9. The van der Waals surface area contributed by atoms with Gasteiger partial charge in [-0.1, -0.05) is 32.9 Å². The number of imidazole rings is 1. The highest BCUT2D eigenvalue weighted by molar-refractivity contribution is 7.09. The maximum atomic E-state index is 4.79. The van der Waals surface area contributed by atoms with Crippen molar-refractivity contribution < 1.29 is 0 Å². The van der Waals surface area contributed by atoms with Crippen LogP contribution in [0.25, 0.3) is 11.0 Å². The maximum absolute atomic E-state index is 4.79. The number of fused-ring (bicyclic) bond motifs is 1. The first-order valence-electron chi connectivity index (χ1n) is 7.96. The van der Waals surface area contributed by atoms with E-state index < -0.39 is 0 Å². The Bertz CT molecular complexity index is 812. The van der Waals surface area contributed by atoms with Crippen LogP contribution in [0.4, 0.5) is 5.13 Å². The molecule has 2 aromatic heterocycles. The van der Waals surface area contributed by atoms with Crippen LogP contribution < -0.4 is 5.32 Å². The van der Waals surface area contributed by atoms with Crippen molar-refractivity contribution in [3.8, 4) is 0 Å². The fraction of sp³-hybridized carbons (Fsp3) is 0.471. The molecular formula is C17H23N5S. The molecule has 0 unspecified atom stereocenters. The van der Waals surface area contributed by atoms with E-state index in [9.17, 15) is 0 Å². The normalized spacial score (nSPS) is 13.4. The first-order valence-corrected chi connectivity index (χ1v) is 8.73. The third kappa shape index (κ3) is 3.08.